The van der Waals surface area contributed by atoms with Crippen LogP contribution in [0.1, 0.15) is 80.8 Å². The molecule has 1 N–H and O–H groups in total. The number of allylic oxidation sites excluding steroid dienone is 1. The standard InChI is InChI=1S/C42H59ClFN5O6S/c1-6-18-47(22-23-54-5)21-20-46(4)41(51)39-36(44)15-11-29(2)30(3)56(52,53)45-40(50)32-12-16-38-37(25-32)48(26-34-10-8-19-49(34)39)27-42(28-55-38)17-7-9-31-24-33(43)13-14-35(31)42/h12-16,24-25,29-30,34,39H,6-11,17-23,26-28H2,1-5H3,(H,45,50)/b36-15-/t29-,30+,34-,39+,42-/m0/s1. The summed E-state index contributed by atoms with van der Waals surface area (Å²) >= 11 is 6.47. The third-order valence-electron chi connectivity index (χ3n) is 12.5. The minimum absolute atomic E-state index is 0.0731. The fourth-order valence-corrected chi connectivity index (χ4v) is 10.5. The van der Waals surface area contributed by atoms with E-state index in [0.717, 1.165) is 51.6 Å². The lowest BCUT2D eigenvalue weighted by Gasteiger charge is -2.42. The van der Waals surface area contributed by atoms with Crippen molar-refractivity contribution in [2.45, 2.75) is 88.5 Å². The van der Waals surface area contributed by atoms with Gasteiger partial charge < -0.3 is 19.3 Å². The molecule has 11 nitrogen and oxygen atoms in total. The van der Waals surface area contributed by atoms with Gasteiger partial charge in [-0.05, 0) is 112 Å². The van der Waals surface area contributed by atoms with Crippen LogP contribution in [0.3, 0.4) is 0 Å². The number of nitrogens with one attached hydrogen (secondary N) is 1. The average molecular weight is 816 g/mol. The number of aryl methyl sites for hydroxylation is 1. The molecule has 56 heavy (non-hydrogen) atoms. The highest BCUT2D eigenvalue weighted by Crippen LogP contribution is 2.45. The Morgan fingerprint density at radius 1 is 1.12 bits per heavy atom. The van der Waals surface area contributed by atoms with E-state index in [4.69, 9.17) is 21.1 Å². The van der Waals surface area contributed by atoms with Crippen LogP contribution in [0, 0.1) is 5.92 Å². The van der Waals surface area contributed by atoms with Crippen LogP contribution in [0.4, 0.5) is 10.1 Å². The molecule has 1 saturated heterocycles. The van der Waals surface area contributed by atoms with Crippen LogP contribution in [-0.2, 0) is 31.4 Å². The number of methoxy groups -OCH3 is 1. The molecular weight excluding hydrogens is 757 g/mol. The monoisotopic (exact) mass is 815 g/mol. The predicted molar refractivity (Wildman–Crippen MR) is 219 cm³/mol. The molecule has 3 heterocycles. The number of sulfonamides is 1. The molecule has 1 aliphatic carbocycles. The first-order valence-electron chi connectivity index (χ1n) is 20.2. The number of carbonyl (C=O) groups excluding carboxylic acids is 2. The molecular formula is C42H59ClFN5O6S. The molecule has 2 amide bonds. The van der Waals surface area contributed by atoms with Gasteiger partial charge in [0.1, 0.15) is 17.6 Å². The van der Waals surface area contributed by atoms with Gasteiger partial charge in [0.25, 0.3) is 5.91 Å². The van der Waals surface area contributed by atoms with Gasteiger partial charge in [-0.25, -0.2) is 17.5 Å². The Bertz CT molecular complexity index is 1880. The maximum atomic E-state index is 16.9. The molecule has 6 rings (SSSR count). The van der Waals surface area contributed by atoms with E-state index >= 15 is 4.39 Å². The lowest BCUT2D eigenvalue weighted by atomic mass is 9.70. The van der Waals surface area contributed by atoms with E-state index in [2.05, 4.69) is 27.5 Å². The van der Waals surface area contributed by atoms with E-state index in [1.165, 1.54) is 24.1 Å². The van der Waals surface area contributed by atoms with Crippen molar-refractivity contribution in [2.24, 2.45) is 5.92 Å². The molecule has 1 spiro atoms. The van der Waals surface area contributed by atoms with Gasteiger partial charge in [-0.15, -0.1) is 0 Å². The third-order valence-corrected chi connectivity index (χ3v) is 14.6. The SMILES string of the molecule is CCCN(CCOC)CCN(C)C(=O)[C@H]1/C(F)=C/C[C@H](C)[C@@H](C)S(=O)(=O)NC(=O)c2ccc3c(c2)N(C[C@@H]2CCCN21)C[C@@]1(CCCc2cc(Cl)ccc21)CO3. The third kappa shape index (κ3) is 9.22. The number of nitrogens with zero attached hydrogens (tertiary/aromatic N) is 4. The molecule has 4 aliphatic rings. The molecule has 2 bridgehead atoms. The van der Waals surface area contributed by atoms with Gasteiger partial charge in [-0.3, -0.25) is 19.4 Å². The normalized spacial score (nSPS) is 27.8. The fourth-order valence-electron chi connectivity index (χ4n) is 8.99. The van der Waals surface area contributed by atoms with Crippen LogP contribution in [0.2, 0.25) is 5.02 Å². The molecule has 3 aliphatic heterocycles. The number of hydrogen-bond acceptors (Lipinski definition) is 9. The van der Waals surface area contributed by atoms with Crippen molar-refractivity contribution in [3.8, 4) is 5.75 Å². The Hall–Kier alpha value is -3.23. The first kappa shape index (κ1) is 42.4. The number of anilines is 1. The van der Waals surface area contributed by atoms with E-state index in [-0.39, 0.29) is 23.9 Å². The second-order valence-electron chi connectivity index (χ2n) is 16.3. The summed E-state index contributed by atoms with van der Waals surface area (Å²) in [5, 5.41) is -0.333. The van der Waals surface area contributed by atoms with Crippen molar-refractivity contribution in [3.05, 3.63) is 70.0 Å². The van der Waals surface area contributed by atoms with E-state index in [0.29, 0.717) is 62.4 Å². The summed E-state index contributed by atoms with van der Waals surface area (Å²) in [6.07, 6.45) is 6.66. The number of likely N-dealkylation sites (N-methyl/N-ethyl adjacent to an activating group) is 1. The summed E-state index contributed by atoms with van der Waals surface area (Å²) in [4.78, 5) is 36.3. The van der Waals surface area contributed by atoms with Crippen molar-refractivity contribution in [1.29, 1.82) is 0 Å². The second kappa shape index (κ2) is 18.1. The molecule has 1 fully saturated rings. The van der Waals surface area contributed by atoms with Crippen LogP contribution < -0.4 is 14.4 Å². The summed E-state index contributed by atoms with van der Waals surface area (Å²) in [5.74, 6) is -1.60. The lowest BCUT2D eigenvalue weighted by Crippen LogP contribution is -2.54. The zero-order valence-corrected chi connectivity index (χ0v) is 35.1. The van der Waals surface area contributed by atoms with E-state index in [9.17, 15) is 18.0 Å². The zero-order chi connectivity index (χ0) is 40.2. The van der Waals surface area contributed by atoms with Crippen molar-refractivity contribution in [2.75, 3.05) is 78.1 Å². The summed E-state index contributed by atoms with van der Waals surface area (Å²) in [5.41, 5.74) is 2.81. The summed E-state index contributed by atoms with van der Waals surface area (Å²) in [7, 11) is -0.737. The van der Waals surface area contributed by atoms with Crippen LogP contribution in [-0.4, -0.2) is 125 Å². The second-order valence-corrected chi connectivity index (χ2v) is 18.8. The lowest BCUT2D eigenvalue weighted by molar-refractivity contribution is -0.135. The van der Waals surface area contributed by atoms with E-state index in [1.807, 2.05) is 17.0 Å². The highest BCUT2D eigenvalue weighted by Gasteiger charge is 2.45. The smallest absolute Gasteiger partial charge is 0.264 e. The van der Waals surface area contributed by atoms with Crippen LogP contribution >= 0.6 is 11.6 Å². The van der Waals surface area contributed by atoms with Gasteiger partial charge in [0, 0.05) is 68.9 Å². The van der Waals surface area contributed by atoms with Gasteiger partial charge in [0.05, 0.1) is 24.2 Å². The van der Waals surface area contributed by atoms with Crippen LogP contribution in [0.25, 0.3) is 0 Å². The summed E-state index contributed by atoms with van der Waals surface area (Å²) < 4.78 is 58.3. The minimum atomic E-state index is -4.15. The highest BCUT2D eigenvalue weighted by atomic mass is 35.5. The maximum absolute atomic E-state index is 16.9. The summed E-state index contributed by atoms with van der Waals surface area (Å²) in [6.45, 7) is 10.5. The average Bonchev–Trinajstić information content (AvgIpc) is 3.56. The summed E-state index contributed by atoms with van der Waals surface area (Å²) in [6, 6.07) is 9.75. The Morgan fingerprint density at radius 3 is 2.70 bits per heavy atom. The first-order valence-corrected chi connectivity index (χ1v) is 22.1. The predicted octanol–water partition coefficient (Wildman–Crippen LogP) is 5.80. The van der Waals surface area contributed by atoms with Crippen molar-refractivity contribution < 1.29 is 31.9 Å². The largest absolute Gasteiger partial charge is 0.490 e. The first-order chi connectivity index (χ1) is 26.8. The van der Waals surface area contributed by atoms with Crippen molar-refractivity contribution in [3.63, 3.8) is 0 Å². The number of ether oxygens (including phenoxy) is 2. The number of carbonyl (C=O) groups is 2. The van der Waals surface area contributed by atoms with Crippen molar-refractivity contribution >= 4 is 39.1 Å². The molecule has 308 valence electrons. The van der Waals surface area contributed by atoms with Gasteiger partial charge in [0.15, 0.2) is 0 Å². The topological polar surface area (TPSA) is 112 Å². The molecule has 0 radical (unpaired) electrons. The van der Waals surface area contributed by atoms with Gasteiger partial charge in [-0.2, -0.15) is 0 Å². The number of benzene rings is 2. The van der Waals surface area contributed by atoms with Gasteiger partial charge in [-0.1, -0.05) is 37.6 Å². The number of halogens is 2. The molecule has 0 saturated carbocycles. The number of amides is 2. The van der Waals surface area contributed by atoms with E-state index < -0.39 is 44.4 Å². The zero-order valence-electron chi connectivity index (χ0n) is 33.6. The Kier molecular flexibility index (Phi) is 13.7. The number of hydrogen-bond donors (Lipinski definition) is 1. The van der Waals surface area contributed by atoms with Gasteiger partial charge >= 0.3 is 0 Å². The number of fused-ring (bicyclic) bond motifs is 4. The highest BCUT2D eigenvalue weighted by molar-refractivity contribution is 7.90. The Balaban J connectivity index is 1.41. The Labute approximate surface area is 337 Å². The molecule has 2 aromatic rings. The molecule has 14 heteroatoms. The van der Waals surface area contributed by atoms with Crippen molar-refractivity contribution in [1.82, 2.24) is 19.4 Å². The Morgan fingerprint density at radius 2 is 1.93 bits per heavy atom. The van der Waals surface area contributed by atoms with Gasteiger partial charge in [0.2, 0.25) is 15.9 Å². The molecule has 0 unspecified atom stereocenters. The minimum Gasteiger partial charge on any atom is -0.490 e. The maximum Gasteiger partial charge on any atom is 0.264 e. The van der Waals surface area contributed by atoms with Crippen LogP contribution in [0.15, 0.2) is 48.3 Å². The molecule has 0 aromatic heterocycles. The fraction of sp³-hybridized carbons (Fsp3) is 0.619. The quantitative estimate of drug-likeness (QED) is 0.336. The van der Waals surface area contributed by atoms with E-state index in [1.54, 1.807) is 44.2 Å². The molecule has 2 aromatic carbocycles. The molecule has 5 atom stereocenters. The number of rotatable bonds is 9. The van der Waals surface area contributed by atoms with Crippen LogP contribution in [0.5, 0.6) is 5.75 Å².